The molecule has 0 bridgehead atoms. The molecule has 0 aliphatic rings. The molecule has 0 aromatic rings. The summed E-state index contributed by atoms with van der Waals surface area (Å²) in [5.74, 6) is 0. The van der Waals surface area contributed by atoms with E-state index in [-0.39, 0.29) is 0 Å². The molecule has 0 N–H and O–H groups in total. The Kier molecular flexibility index (Phi) is 3.74. The maximum atomic E-state index is 12.0. The van der Waals surface area contributed by atoms with Gasteiger partial charge in [0.2, 0.25) is 0 Å². The van der Waals surface area contributed by atoms with E-state index in [0.717, 1.165) is 0 Å². The standard InChI is InChI=1S/C4F10OSe/c5-1(6,7)3(11,12)16(15)4(13,14)2(8,9)10. The van der Waals surface area contributed by atoms with Gasteiger partial charge in [-0.15, -0.1) is 0 Å². The first-order valence-electron chi connectivity index (χ1n) is 2.96. The van der Waals surface area contributed by atoms with Crippen molar-refractivity contribution in [1.82, 2.24) is 0 Å². The molecular weight excluding hydrogens is 333 g/mol. The molecule has 0 radical (unpaired) electrons. The second kappa shape index (κ2) is 3.83. The Bertz CT molecular complexity index is 258. The van der Waals surface area contributed by atoms with E-state index in [0.29, 0.717) is 0 Å². The van der Waals surface area contributed by atoms with Crippen molar-refractivity contribution in [2.45, 2.75) is 22.0 Å². The molecule has 0 aliphatic heterocycles. The third-order valence-corrected chi connectivity index (χ3v) is 4.05. The minimum absolute atomic E-state index is 6.56. The second-order valence-electron chi connectivity index (χ2n) is 2.30. The molecule has 0 spiro atoms. The van der Waals surface area contributed by atoms with Crippen molar-refractivity contribution >= 4 is 13.8 Å². The Morgan fingerprint density at radius 3 is 0.875 bits per heavy atom. The zero-order valence-corrected chi connectivity index (χ0v) is 8.31. The molecule has 1 nitrogen and oxygen atoms in total. The summed E-state index contributed by atoms with van der Waals surface area (Å²) in [6, 6.07) is 0. The van der Waals surface area contributed by atoms with E-state index >= 15 is 0 Å². The van der Waals surface area contributed by atoms with Crippen LogP contribution in [0.1, 0.15) is 0 Å². The van der Waals surface area contributed by atoms with Crippen molar-refractivity contribution in [3.8, 4) is 0 Å². The fraction of sp³-hybridized carbons (Fsp3) is 1.00. The van der Waals surface area contributed by atoms with Crippen LogP contribution in [0.3, 0.4) is 0 Å². The van der Waals surface area contributed by atoms with E-state index in [4.69, 9.17) is 0 Å². The van der Waals surface area contributed by atoms with E-state index in [1.165, 1.54) is 0 Å². The van der Waals surface area contributed by atoms with Crippen molar-refractivity contribution < 1.29 is 47.7 Å². The summed E-state index contributed by atoms with van der Waals surface area (Å²) in [4.78, 5) is -13.1. The first kappa shape index (κ1) is 15.6. The van der Waals surface area contributed by atoms with Crippen molar-refractivity contribution in [2.24, 2.45) is 0 Å². The molecule has 0 heterocycles. The van der Waals surface area contributed by atoms with Gasteiger partial charge >= 0.3 is 83.6 Å². The van der Waals surface area contributed by atoms with Crippen LogP contribution in [0.2, 0.25) is 0 Å². The molecule has 0 aromatic carbocycles. The van der Waals surface area contributed by atoms with Gasteiger partial charge in [-0.25, -0.2) is 0 Å². The van der Waals surface area contributed by atoms with Gasteiger partial charge in [0.1, 0.15) is 0 Å². The fourth-order valence-electron chi connectivity index (χ4n) is 0.371. The summed E-state index contributed by atoms with van der Waals surface area (Å²) in [6.45, 7) is 0. The van der Waals surface area contributed by atoms with Gasteiger partial charge in [0.05, 0.1) is 0 Å². The van der Waals surface area contributed by atoms with Crippen molar-refractivity contribution in [3.63, 3.8) is 0 Å². The van der Waals surface area contributed by atoms with E-state index in [2.05, 4.69) is 0 Å². The summed E-state index contributed by atoms with van der Waals surface area (Å²) in [5, 5.41) is 0. The molecule has 16 heavy (non-hydrogen) atoms. The Labute approximate surface area is 84.5 Å². The first-order valence-corrected chi connectivity index (χ1v) is 5.38. The van der Waals surface area contributed by atoms with Gasteiger partial charge in [0.15, 0.2) is 0 Å². The normalized spacial score (nSPS) is 15.7. The number of halogens is 10. The molecule has 0 amide bonds. The molecule has 12 heteroatoms. The SMILES string of the molecule is O=[Se](C(F)(F)C(F)(F)F)C(F)(F)C(F)(F)F. The molecular formula is C4F10OSe. The molecule has 0 aliphatic carbocycles. The zero-order chi connectivity index (χ0) is 13.6. The number of hydrogen-bond donors (Lipinski definition) is 0. The molecule has 0 atom stereocenters. The first-order chi connectivity index (χ1) is 6.65. The predicted molar refractivity (Wildman–Crippen MR) is 28.4 cm³/mol. The van der Waals surface area contributed by atoms with E-state index in [1.54, 1.807) is 0 Å². The Morgan fingerprint density at radius 1 is 0.562 bits per heavy atom. The van der Waals surface area contributed by atoms with Crippen LogP contribution in [0.5, 0.6) is 0 Å². The van der Waals surface area contributed by atoms with Crippen LogP contribution in [0.15, 0.2) is 0 Å². The Hall–Kier alpha value is -0.381. The van der Waals surface area contributed by atoms with Gasteiger partial charge in [-0.3, -0.25) is 0 Å². The Morgan fingerprint density at radius 2 is 0.750 bits per heavy atom. The van der Waals surface area contributed by atoms with Gasteiger partial charge in [0, 0.05) is 0 Å². The number of rotatable bonds is 2. The average Bonchev–Trinajstić information content (AvgIpc) is 1.98. The summed E-state index contributed by atoms with van der Waals surface area (Å²) >= 11 is -6.88. The summed E-state index contributed by atoms with van der Waals surface area (Å²) < 4.78 is 126. The fourth-order valence-corrected chi connectivity index (χ4v) is 1.93. The average molecular weight is 333 g/mol. The molecule has 98 valence electrons. The third-order valence-electron chi connectivity index (χ3n) is 1.13. The van der Waals surface area contributed by atoms with Crippen LogP contribution in [0.25, 0.3) is 0 Å². The third kappa shape index (κ3) is 2.47. The minimum atomic E-state index is -6.88. The van der Waals surface area contributed by atoms with Crippen molar-refractivity contribution in [3.05, 3.63) is 0 Å². The maximum absolute atomic E-state index is 12.0. The Balaban J connectivity index is 5.40. The summed E-state index contributed by atoms with van der Waals surface area (Å²) in [7, 11) is 0. The van der Waals surface area contributed by atoms with Gasteiger partial charge in [0.25, 0.3) is 0 Å². The summed E-state index contributed by atoms with van der Waals surface area (Å²) in [5.41, 5.74) is 0. The molecule has 0 saturated carbocycles. The molecule has 0 unspecified atom stereocenters. The number of alkyl halides is 10. The van der Waals surface area contributed by atoms with Crippen molar-refractivity contribution in [1.29, 1.82) is 0 Å². The topological polar surface area (TPSA) is 17.1 Å². The zero-order valence-electron chi connectivity index (χ0n) is 6.60. The van der Waals surface area contributed by atoms with Crippen LogP contribution in [0.4, 0.5) is 43.9 Å². The van der Waals surface area contributed by atoms with Gasteiger partial charge in [-0.1, -0.05) is 0 Å². The van der Waals surface area contributed by atoms with Crippen LogP contribution < -0.4 is 0 Å². The van der Waals surface area contributed by atoms with Crippen LogP contribution in [-0.2, 0) is 3.83 Å². The van der Waals surface area contributed by atoms with Crippen LogP contribution in [-0.4, -0.2) is 35.8 Å². The van der Waals surface area contributed by atoms with E-state index in [9.17, 15) is 47.7 Å². The predicted octanol–water partition coefficient (Wildman–Crippen LogP) is 2.88. The van der Waals surface area contributed by atoms with Crippen LogP contribution >= 0.6 is 0 Å². The molecule has 0 saturated heterocycles. The molecule has 0 fully saturated rings. The van der Waals surface area contributed by atoms with E-state index < -0.39 is 35.8 Å². The van der Waals surface area contributed by atoms with Gasteiger partial charge < -0.3 is 0 Å². The summed E-state index contributed by atoms with van der Waals surface area (Å²) in [6.07, 6.45) is -13.5. The molecule has 0 rings (SSSR count). The monoisotopic (exact) mass is 334 g/mol. The van der Waals surface area contributed by atoms with Gasteiger partial charge in [-0.05, 0) is 0 Å². The second-order valence-corrected chi connectivity index (χ2v) is 5.58. The quantitative estimate of drug-likeness (QED) is 0.561. The van der Waals surface area contributed by atoms with Gasteiger partial charge in [-0.2, -0.15) is 0 Å². The van der Waals surface area contributed by atoms with E-state index in [1.807, 2.05) is 0 Å². The number of hydrogen-bond acceptors (Lipinski definition) is 1. The molecule has 0 aromatic heterocycles. The van der Waals surface area contributed by atoms with Crippen LogP contribution in [0, 0.1) is 0 Å². The van der Waals surface area contributed by atoms with Crippen molar-refractivity contribution in [2.75, 3.05) is 0 Å².